The molecule has 3 nitrogen and oxygen atoms in total. The molecular formula is C19H25NO2. The highest BCUT2D eigenvalue weighted by Gasteiger charge is 2.37. The van der Waals surface area contributed by atoms with Gasteiger partial charge in [0.1, 0.15) is 5.60 Å². The Morgan fingerprint density at radius 1 is 1.05 bits per heavy atom. The lowest BCUT2D eigenvalue weighted by molar-refractivity contribution is -0.0787. The van der Waals surface area contributed by atoms with Crippen LogP contribution in [0, 0.1) is 6.92 Å². The van der Waals surface area contributed by atoms with Gasteiger partial charge in [0.15, 0.2) is 0 Å². The fraction of sp³-hybridized carbons (Fsp3) is 0.368. The van der Waals surface area contributed by atoms with E-state index in [0.29, 0.717) is 13.0 Å². The number of likely N-dealkylation sites (N-methyl/N-ethyl adjacent to an activating group) is 1. The van der Waals surface area contributed by atoms with E-state index in [1.165, 1.54) is 0 Å². The summed E-state index contributed by atoms with van der Waals surface area (Å²) in [6.07, 6.45) is -0.495. The van der Waals surface area contributed by atoms with Crippen LogP contribution in [0.15, 0.2) is 54.6 Å². The van der Waals surface area contributed by atoms with Crippen molar-refractivity contribution in [2.24, 2.45) is 0 Å². The molecule has 1 unspecified atom stereocenters. The highest BCUT2D eigenvalue weighted by Crippen LogP contribution is 2.30. The van der Waals surface area contributed by atoms with E-state index in [9.17, 15) is 10.2 Å². The lowest BCUT2D eigenvalue weighted by Crippen LogP contribution is -2.47. The summed E-state index contributed by atoms with van der Waals surface area (Å²) >= 11 is 0. The van der Waals surface area contributed by atoms with E-state index in [-0.39, 0.29) is 0 Å². The molecule has 118 valence electrons. The van der Waals surface area contributed by atoms with Crippen LogP contribution in [-0.2, 0) is 12.0 Å². The summed E-state index contributed by atoms with van der Waals surface area (Å²) in [5.74, 6) is 0. The second kappa shape index (κ2) is 7.54. The second-order valence-corrected chi connectivity index (χ2v) is 5.72. The Hall–Kier alpha value is -1.68. The molecule has 0 bridgehead atoms. The van der Waals surface area contributed by atoms with Gasteiger partial charge in [-0.05, 0) is 30.2 Å². The molecule has 0 radical (unpaired) electrons. The van der Waals surface area contributed by atoms with E-state index in [2.05, 4.69) is 5.32 Å². The van der Waals surface area contributed by atoms with Gasteiger partial charge in [0, 0.05) is 13.0 Å². The van der Waals surface area contributed by atoms with Crippen LogP contribution >= 0.6 is 0 Å². The smallest absolute Gasteiger partial charge is 0.121 e. The van der Waals surface area contributed by atoms with Crippen molar-refractivity contribution < 1.29 is 10.2 Å². The molecule has 2 aromatic carbocycles. The molecular weight excluding hydrogens is 274 g/mol. The van der Waals surface area contributed by atoms with E-state index in [0.717, 1.165) is 23.2 Å². The Bertz CT molecular complexity index is 585. The number of nitrogens with one attached hydrogen (secondary N) is 1. The normalized spacial score (nSPS) is 15.3. The molecule has 0 aliphatic heterocycles. The predicted octanol–water partition coefficient (Wildman–Crippen LogP) is 2.40. The SMILES string of the molecule is CCNCC(O)[C@@](O)(Cc1ccccc1C)c1ccccc1. The lowest BCUT2D eigenvalue weighted by Gasteiger charge is -2.34. The Kier molecular flexibility index (Phi) is 5.72. The quantitative estimate of drug-likeness (QED) is 0.736. The molecule has 2 rings (SSSR count). The van der Waals surface area contributed by atoms with Gasteiger partial charge in [-0.2, -0.15) is 0 Å². The van der Waals surface area contributed by atoms with Crippen molar-refractivity contribution in [2.75, 3.05) is 13.1 Å². The zero-order valence-electron chi connectivity index (χ0n) is 13.3. The number of rotatable bonds is 7. The largest absolute Gasteiger partial charge is 0.388 e. The summed E-state index contributed by atoms with van der Waals surface area (Å²) < 4.78 is 0. The van der Waals surface area contributed by atoms with Gasteiger partial charge in [-0.1, -0.05) is 61.5 Å². The number of aryl methyl sites for hydroxylation is 1. The summed E-state index contributed by atoms with van der Waals surface area (Å²) in [7, 11) is 0. The maximum Gasteiger partial charge on any atom is 0.121 e. The third-order valence-electron chi connectivity index (χ3n) is 4.13. The average molecular weight is 299 g/mol. The molecule has 22 heavy (non-hydrogen) atoms. The maximum atomic E-state index is 11.3. The second-order valence-electron chi connectivity index (χ2n) is 5.72. The van der Waals surface area contributed by atoms with Crippen molar-refractivity contribution >= 4 is 0 Å². The van der Waals surface area contributed by atoms with E-state index >= 15 is 0 Å². The van der Waals surface area contributed by atoms with Gasteiger partial charge in [0.2, 0.25) is 0 Å². The molecule has 3 heteroatoms. The number of hydrogen-bond acceptors (Lipinski definition) is 3. The predicted molar refractivity (Wildman–Crippen MR) is 89.8 cm³/mol. The molecule has 0 aliphatic rings. The summed E-state index contributed by atoms with van der Waals surface area (Å²) in [4.78, 5) is 0. The first-order valence-electron chi connectivity index (χ1n) is 7.79. The van der Waals surface area contributed by atoms with E-state index in [4.69, 9.17) is 0 Å². The third-order valence-corrected chi connectivity index (χ3v) is 4.13. The summed E-state index contributed by atoms with van der Waals surface area (Å²) in [6, 6.07) is 17.4. The third kappa shape index (κ3) is 3.74. The zero-order valence-corrected chi connectivity index (χ0v) is 13.3. The Labute approximate surface area is 132 Å². The van der Waals surface area contributed by atoms with Gasteiger partial charge in [-0.25, -0.2) is 0 Å². The van der Waals surface area contributed by atoms with Gasteiger partial charge in [0.05, 0.1) is 6.10 Å². The highest BCUT2D eigenvalue weighted by atomic mass is 16.3. The Morgan fingerprint density at radius 3 is 2.32 bits per heavy atom. The zero-order chi connectivity index (χ0) is 16.0. The van der Waals surface area contributed by atoms with Gasteiger partial charge in [-0.15, -0.1) is 0 Å². The van der Waals surface area contributed by atoms with Crippen LogP contribution in [-0.4, -0.2) is 29.4 Å². The monoisotopic (exact) mass is 299 g/mol. The fourth-order valence-corrected chi connectivity index (χ4v) is 2.69. The van der Waals surface area contributed by atoms with Crippen LogP contribution in [0.3, 0.4) is 0 Å². The molecule has 0 saturated heterocycles. The lowest BCUT2D eigenvalue weighted by atomic mass is 9.81. The number of aliphatic hydroxyl groups excluding tert-OH is 1. The molecule has 3 N–H and O–H groups in total. The summed E-state index contributed by atoms with van der Waals surface area (Å²) in [5, 5.41) is 25.0. The van der Waals surface area contributed by atoms with Crippen LogP contribution in [0.4, 0.5) is 0 Å². The van der Waals surface area contributed by atoms with Crippen molar-refractivity contribution in [3.8, 4) is 0 Å². The molecule has 0 fully saturated rings. The number of hydrogen-bond donors (Lipinski definition) is 3. The van der Waals surface area contributed by atoms with Crippen molar-refractivity contribution in [3.63, 3.8) is 0 Å². The average Bonchev–Trinajstić information content (AvgIpc) is 2.55. The van der Waals surface area contributed by atoms with Crippen LogP contribution in [0.1, 0.15) is 23.6 Å². The first-order chi connectivity index (χ1) is 10.6. The molecule has 2 atom stereocenters. The van der Waals surface area contributed by atoms with E-state index in [1.54, 1.807) is 0 Å². The topological polar surface area (TPSA) is 52.5 Å². The first kappa shape index (κ1) is 16.7. The van der Waals surface area contributed by atoms with Crippen LogP contribution < -0.4 is 5.32 Å². The van der Waals surface area contributed by atoms with Gasteiger partial charge in [0.25, 0.3) is 0 Å². The van der Waals surface area contributed by atoms with Gasteiger partial charge < -0.3 is 15.5 Å². The van der Waals surface area contributed by atoms with Crippen molar-refractivity contribution in [2.45, 2.75) is 32.0 Å². The highest BCUT2D eigenvalue weighted by molar-refractivity contribution is 5.32. The van der Waals surface area contributed by atoms with Gasteiger partial charge >= 0.3 is 0 Å². The molecule has 0 spiro atoms. The minimum atomic E-state index is -1.31. The van der Waals surface area contributed by atoms with Crippen LogP contribution in [0.5, 0.6) is 0 Å². The van der Waals surface area contributed by atoms with Crippen molar-refractivity contribution in [1.82, 2.24) is 5.32 Å². The number of benzene rings is 2. The standard InChI is InChI=1S/C19H25NO2/c1-3-20-14-18(21)19(22,17-11-5-4-6-12-17)13-16-10-8-7-9-15(16)2/h4-12,18,20-22H,3,13-14H2,1-2H3/t18?,19-/m1/s1. The molecule has 0 saturated carbocycles. The molecule has 0 amide bonds. The first-order valence-corrected chi connectivity index (χ1v) is 7.79. The molecule has 0 aliphatic carbocycles. The fourth-order valence-electron chi connectivity index (χ4n) is 2.69. The van der Waals surface area contributed by atoms with Crippen molar-refractivity contribution in [1.29, 1.82) is 0 Å². The van der Waals surface area contributed by atoms with Gasteiger partial charge in [-0.3, -0.25) is 0 Å². The number of aliphatic hydroxyl groups is 2. The van der Waals surface area contributed by atoms with E-state index < -0.39 is 11.7 Å². The maximum absolute atomic E-state index is 11.3. The summed E-state index contributed by atoms with van der Waals surface area (Å²) in [6.45, 7) is 5.12. The molecule has 0 aromatic heterocycles. The van der Waals surface area contributed by atoms with Crippen molar-refractivity contribution in [3.05, 3.63) is 71.3 Å². The molecule has 0 heterocycles. The minimum absolute atomic E-state index is 0.355. The molecule has 2 aromatic rings. The van der Waals surface area contributed by atoms with E-state index in [1.807, 2.05) is 68.4 Å². The Balaban J connectivity index is 2.35. The van der Waals surface area contributed by atoms with Crippen LogP contribution in [0.2, 0.25) is 0 Å². The summed E-state index contributed by atoms with van der Waals surface area (Å²) in [5.41, 5.74) is 1.59. The Morgan fingerprint density at radius 2 is 1.68 bits per heavy atom. The minimum Gasteiger partial charge on any atom is -0.388 e. The van der Waals surface area contributed by atoms with Crippen LogP contribution in [0.25, 0.3) is 0 Å².